The van der Waals surface area contributed by atoms with Gasteiger partial charge in [-0.15, -0.1) is 0 Å². The van der Waals surface area contributed by atoms with Crippen LogP contribution in [-0.2, 0) is 0 Å². The summed E-state index contributed by atoms with van der Waals surface area (Å²) in [5, 5.41) is 19.0. The smallest absolute Gasteiger partial charge is 0.423 e. The van der Waals surface area contributed by atoms with Crippen LogP contribution in [0.1, 0.15) is 0 Å². The van der Waals surface area contributed by atoms with Gasteiger partial charge in [0.05, 0.1) is 0 Å². The summed E-state index contributed by atoms with van der Waals surface area (Å²) in [6, 6.07) is 4.92. The van der Waals surface area contributed by atoms with Crippen LogP contribution < -0.4 is 15.9 Å². The molecule has 2 nitrogen and oxygen atoms in total. The molecule has 1 aromatic rings. The van der Waals surface area contributed by atoms with Crippen LogP contribution in [0.2, 0.25) is 0 Å². The van der Waals surface area contributed by atoms with Crippen molar-refractivity contribution in [2.45, 2.75) is 0 Å². The van der Waals surface area contributed by atoms with Gasteiger partial charge in [-0.3, -0.25) is 0 Å². The molecule has 56 valence electrons. The molecule has 0 bridgehead atoms. The summed E-state index contributed by atoms with van der Waals surface area (Å²) in [4.78, 5) is 0. The molecule has 11 heavy (non-hydrogen) atoms. The van der Waals surface area contributed by atoms with Gasteiger partial charge in [0.25, 0.3) is 0 Å². The SMILES string of the molecule is C=c1ccc(B(O)O)cc1=C. The largest absolute Gasteiger partial charge is 0.488 e. The van der Waals surface area contributed by atoms with E-state index in [2.05, 4.69) is 13.2 Å². The average molecular weight is 148 g/mol. The van der Waals surface area contributed by atoms with Crippen LogP contribution in [0.25, 0.3) is 13.2 Å². The highest BCUT2D eigenvalue weighted by Gasteiger charge is 2.08. The van der Waals surface area contributed by atoms with Gasteiger partial charge in [0, 0.05) is 0 Å². The van der Waals surface area contributed by atoms with Crippen LogP contribution >= 0.6 is 0 Å². The molecular weight excluding hydrogens is 139 g/mol. The minimum Gasteiger partial charge on any atom is -0.423 e. The zero-order chi connectivity index (χ0) is 8.43. The summed E-state index contributed by atoms with van der Waals surface area (Å²) in [5.41, 5.74) is 0.447. The predicted octanol–water partition coefficient (Wildman–Crippen LogP) is -1.81. The zero-order valence-corrected chi connectivity index (χ0v) is 6.12. The lowest BCUT2D eigenvalue weighted by Crippen LogP contribution is -2.36. The molecule has 0 aliphatic rings. The normalized spacial score (nSPS) is 9.64. The van der Waals surface area contributed by atoms with Crippen molar-refractivity contribution in [2.75, 3.05) is 0 Å². The van der Waals surface area contributed by atoms with E-state index < -0.39 is 7.12 Å². The molecule has 0 aliphatic heterocycles. The Balaban J connectivity index is 3.27. The van der Waals surface area contributed by atoms with E-state index in [-0.39, 0.29) is 0 Å². The van der Waals surface area contributed by atoms with E-state index in [0.29, 0.717) is 5.46 Å². The van der Waals surface area contributed by atoms with Gasteiger partial charge in [-0.05, 0) is 15.9 Å². The lowest BCUT2D eigenvalue weighted by atomic mass is 9.80. The van der Waals surface area contributed by atoms with E-state index >= 15 is 0 Å². The van der Waals surface area contributed by atoms with Crippen LogP contribution in [0.3, 0.4) is 0 Å². The van der Waals surface area contributed by atoms with Crippen molar-refractivity contribution >= 4 is 25.7 Å². The van der Waals surface area contributed by atoms with Crippen molar-refractivity contribution in [2.24, 2.45) is 0 Å². The third-order valence-corrected chi connectivity index (χ3v) is 1.53. The third kappa shape index (κ3) is 1.70. The van der Waals surface area contributed by atoms with Gasteiger partial charge in [0.1, 0.15) is 0 Å². The molecule has 0 fully saturated rings. The van der Waals surface area contributed by atoms with Gasteiger partial charge in [-0.25, -0.2) is 0 Å². The molecule has 0 saturated carbocycles. The standard InChI is InChI=1S/C8H9BO2/c1-6-3-4-8(9(10)11)5-7(6)2/h3-5,10-11H,1-2H2. The van der Waals surface area contributed by atoms with E-state index in [4.69, 9.17) is 10.0 Å². The maximum atomic E-state index is 8.75. The van der Waals surface area contributed by atoms with Gasteiger partial charge >= 0.3 is 7.12 Å². The number of benzene rings is 1. The van der Waals surface area contributed by atoms with Crippen molar-refractivity contribution in [3.05, 3.63) is 28.6 Å². The first kappa shape index (κ1) is 8.05. The first-order valence-electron chi connectivity index (χ1n) is 3.25. The first-order chi connectivity index (χ1) is 5.11. The second-order valence-corrected chi connectivity index (χ2v) is 2.40. The molecule has 0 amide bonds. The van der Waals surface area contributed by atoms with E-state index in [1.807, 2.05) is 0 Å². The lowest BCUT2D eigenvalue weighted by molar-refractivity contribution is 0.425. The van der Waals surface area contributed by atoms with Gasteiger partial charge in [-0.1, -0.05) is 31.4 Å². The molecule has 1 rings (SSSR count). The summed E-state index contributed by atoms with van der Waals surface area (Å²) in [5.74, 6) is 0. The Kier molecular flexibility index (Phi) is 2.12. The fourth-order valence-corrected chi connectivity index (χ4v) is 0.806. The molecule has 0 unspecified atom stereocenters. The zero-order valence-electron chi connectivity index (χ0n) is 6.12. The van der Waals surface area contributed by atoms with Crippen LogP contribution in [0.15, 0.2) is 18.2 Å². The van der Waals surface area contributed by atoms with Gasteiger partial charge in [-0.2, -0.15) is 0 Å². The Bertz CT molecular complexity index is 346. The molecule has 0 radical (unpaired) electrons. The summed E-state index contributed by atoms with van der Waals surface area (Å²) in [7, 11) is -1.42. The topological polar surface area (TPSA) is 40.5 Å². The van der Waals surface area contributed by atoms with Gasteiger partial charge < -0.3 is 10.0 Å². The van der Waals surface area contributed by atoms with Crippen LogP contribution in [0, 0.1) is 0 Å². The Morgan fingerprint density at radius 2 is 1.73 bits per heavy atom. The molecular formula is C8H9BO2. The van der Waals surface area contributed by atoms with Crippen molar-refractivity contribution in [3.63, 3.8) is 0 Å². The summed E-state index contributed by atoms with van der Waals surface area (Å²) < 4.78 is 0. The van der Waals surface area contributed by atoms with Crippen molar-refractivity contribution in [1.29, 1.82) is 0 Å². The Hall–Kier alpha value is -1.06. The second kappa shape index (κ2) is 2.90. The predicted molar refractivity (Wildman–Crippen MR) is 46.6 cm³/mol. The molecule has 0 aromatic heterocycles. The third-order valence-electron chi connectivity index (χ3n) is 1.53. The van der Waals surface area contributed by atoms with Crippen LogP contribution in [0.5, 0.6) is 0 Å². The van der Waals surface area contributed by atoms with Gasteiger partial charge in [0.2, 0.25) is 0 Å². The van der Waals surface area contributed by atoms with Crippen LogP contribution in [-0.4, -0.2) is 17.2 Å². The number of rotatable bonds is 1. The monoisotopic (exact) mass is 148 g/mol. The molecule has 1 aromatic carbocycles. The maximum absolute atomic E-state index is 8.75. The molecule has 0 atom stereocenters. The highest BCUT2D eigenvalue weighted by Crippen LogP contribution is 1.72. The molecule has 0 saturated heterocycles. The second-order valence-electron chi connectivity index (χ2n) is 2.40. The van der Waals surface area contributed by atoms with E-state index in [1.165, 1.54) is 0 Å². The van der Waals surface area contributed by atoms with E-state index in [1.54, 1.807) is 18.2 Å². The van der Waals surface area contributed by atoms with E-state index in [9.17, 15) is 0 Å². The average Bonchev–Trinajstić information content (AvgIpc) is 1.94. The lowest BCUT2D eigenvalue weighted by Gasteiger charge is -1.96. The minimum atomic E-state index is -1.42. The molecule has 0 spiro atoms. The van der Waals surface area contributed by atoms with Gasteiger partial charge in [0.15, 0.2) is 0 Å². The number of hydrogen-bond donors (Lipinski definition) is 2. The highest BCUT2D eigenvalue weighted by molar-refractivity contribution is 6.58. The first-order valence-corrected chi connectivity index (χ1v) is 3.25. The summed E-state index contributed by atoms with van der Waals surface area (Å²) in [6.07, 6.45) is 0. The Labute approximate surface area is 65.3 Å². The minimum absolute atomic E-state index is 0.447. The quantitative estimate of drug-likeness (QED) is 0.460. The fraction of sp³-hybridized carbons (Fsp3) is 0. The van der Waals surface area contributed by atoms with Crippen LogP contribution in [0.4, 0.5) is 0 Å². The van der Waals surface area contributed by atoms with Crippen molar-refractivity contribution < 1.29 is 10.0 Å². The maximum Gasteiger partial charge on any atom is 0.488 e. The molecule has 2 N–H and O–H groups in total. The van der Waals surface area contributed by atoms with Crippen molar-refractivity contribution in [1.82, 2.24) is 0 Å². The van der Waals surface area contributed by atoms with Crippen molar-refractivity contribution in [3.8, 4) is 0 Å². The van der Waals surface area contributed by atoms with E-state index in [0.717, 1.165) is 10.4 Å². The molecule has 0 aliphatic carbocycles. The summed E-state index contributed by atoms with van der Waals surface area (Å²) >= 11 is 0. The summed E-state index contributed by atoms with van der Waals surface area (Å²) in [6.45, 7) is 7.37. The number of hydrogen-bond acceptors (Lipinski definition) is 2. The fourth-order valence-electron chi connectivity index (χ4n) is 0.806. The highest BCUT2D eigenvalue weighted by atomic mass is 16.4. The molecule has 3 heteroatoms. The molecule has 0 heterocycles. The Morgan fingerprint density at radius 1 is 1.09 bits per heavy atom. The Morgan fingerprint density at radius 3 is 2.18 bits per heavy atom.